The summed E-state index contributed by atoms with van der Waals surface area (Å²) in [6.45, 7) is 0. The van der Waals surface area contributed by atoms with Crippen molar-refractivity contribution >= 4 is 44.4 Å². The molecule has 1 amide bonds. The lowest BCUT2D eigenvalue weighted by Gasteiger charge is -2.07. The van der Waals surface area contributed by atoms with Gasteiger partial charge in [-0.1, -0.05) is 15.9 Å². The number of hydrogen-bond acceptors (Lipinski definition) is 2. The summed E-state index contributed by atoms with van der Waals surface area (Å²) < 4.78 is 6.94. The Labute approximate surface area is 104 Å². The van der Waals surface area contributed by atoms with Crippen molar-refractivity contribution in [3.8, 4) is 5.75 Å². The number of carbonyl (C=O) groups is 1. The molecule has 0 heterocycles. The van der Waals surface area contributed by atoms with Crippen molar-refractivity contribution in [3.63, 3.8) is 0 Å². The minimum atomic E-state index is -0.341. The Morgan fingerprint density at radius 1 is 1.64 bits per heavy atom. The van der Waals surface area contributed by atoms with Crippen LogP contribution in [-0.4, -0.2) is 13.0 Å². The highest BCUT2D eigenvalue weighted by molar-refractivity contribution is 14.1. The highest BCUT2D eigenvalue weighted by atomic mass is 127. The molecule has 0 bridgehead atoms. The predicted molar refractivity (Wildman–Crippen MR) is 66.3 cm³/mol. The summed E-state index contributed by atoms with van der Waals surface area (Å²) in [4.78, 5) is 10.8. The van der Waals surface area contributed by atoms with E-state index in [4.69, 9.17) is 10.5 Å². The molecular formula is C9H9BrINO2. The molecule has 0 atom stereocenters. The fourth-order valence-corrected chi connectivity index (χ4v) is 2.26. The number of benzene rings is 1. The second-order valence-electron chi connectivity index (χ2n) is 2.72. The lowest BCUT2D eigenvalue weighted by Crippen LogP contribution is -2.14. The Morgan fingerprint density at radius 2 is 2.29 bits per heavy atom. The van der Waals surface area contributed by atoms with Gasteiger partial charge in [-0.25, -0.2) is 0 Å². The molecule has 1 aromatic rings. The van der Waals surface area contributed by atoms with Crippen molar-refractivity contribution in [1.82, 2.24) is 0 Å². The van der Waals surface area contributed by atoms with Crippen molar-refractivity contribution in [2.75, 3.05) is 7.11 Å². The zero-order valence-corrected chi connectivity index (χ0v) is 11.3. The Kier molecular flexibility index (Phi) is 4.18. The normalized spacial score (nSPS) is 9.93. The third-order valence-corrected chi connectivity index (χ3v) is 3.27. The van der Waals surface area contributed by atoms with Gasteiger partial charge in [0.05, 0.1) is 17.1 Å². The van der Waals surface area contributed by atoms with Crippen LogP contribution in [0.1, 0.15) is 5.56 Å². The summed E-state index contributed by atoms with van der Waals surface area (Å²) in [7, 11) is 1.61. The van der Waals surface area contributed by atoms with Gasteiger partial charge in [0, 0.05) is 4.47 Å². The van der Waals surface area contributed by atoms with Gasteiger partial charge in [-0.15, -0.1) is 0 Å². The number of hydrogen-bond donors (Lipinski definition) is 1. The van der Waals surface area contributed by atoms with E-state index in [1.807, 2.05) is 12.1 Å². The van der Waals surface area contributed by atoms with Gasteiger partial charge < -0.3 is 10.5 Å². The average Bonchev–Trinajstić information content (AvgIpc) is 2.10. The number of nitrogens with two attached hydrogens (primary N) is 1. The van der Waals surface area contributed by atoms with Crippen LogP contribution in [0, 0.1) is 3.57 Å². The first-order chi connectivity index (χ1) is 6.54. The smallest absolute Gasteiger partial charge is 0.221 e. The summed E-state index contributed by atoms with van der Waals surface area (Å²) >= 11 is 5.51. The van der Waals surface area contributed by atoms with Crippen LogP contribution >= 0.6 is 38.5 Å². The van der Waals surface area contributed by atoms with Crippen molar-refractivity contribution in [1.29, 1.82) is 0 Å². The van der Waals surface area contributed by atoms with E-state index in [0.717, 1.165) is 19.4 Å². The number of amides is 1. The van der Waals surface area contributed by atoms with Gasteiger partial charge in [-0.2, -0.15) is 0 Å². The van der Waals surface area contributed by atoms with Crippen molar-refractivity contribution in [2.45, 2.75) is 6.42 Å². The zero-order chi connectivity index (χ0) is 10.7. The van der Waals surface area contributed by atoms with Crippen LogP contribution in [-0.2, 0) is 11.2 Å². The first-order valence-corrected chi connectivity index (χ1v) is 5.72. The maximum Gasteiger partial charge on any atom is 0.221 e. The van der Waals surface area contributed by atoms with Gasteiger partial charge in [-0.3, -0.25) is 4.79 Å². The van der Waals surface area contributed by atoms with E-state index in [-0.39, 0.29) is 12.3 Å². The van der Waals surface area contributed by atoms with Gasteiger partial charge in [0.25, 0.3) is 0 Å². The predicted octanol–water partition coefficient (Wildman–Crippen LogP) is 2.09. The van der Waals surface area contributed by atoms with E-state index in [9.17, 15) is 4.79 Å². The van der Waals surface area contributed by atoms with E-state index >= 15 is 0 Å². The van der Waals surface area contributed by atoms with E-state index in [2.05, 4.69) is 38.5 Å². The second-order valence-corrected chi connectivity index (χ2v) is 4.74. The van der Waals surface area contributed by atoms with E-state index in [1.165, 1.54) is 0 Å². The zero-order valence-electron chi connectivity index (χ0n) is 7.51. The average molecular weight is 370 g/mol. The maximum atomic E-state index is 10.8. The van der Waals surface area contributed by atoms with Crippen LogP contribution in [0.4, 0.5) is 0 Å². The summed E-state index contributed by atoms with van der Waals surface area (Å²) in [5, 5.41) is 0. The Morgan fingerprint density at radius 3 is 2.79 bits per heavy atom. The van der Waals surface area contributed by atoms with Crippen LogP contribution in [0.25, 0.3) is 0 Å². The lowest BCUT2D eigenvalue weighted by molar-refractivity contribution is -0.117. The molecular weight excluding hydrogens is 361 g/mol. The van der Waals surface area contributed by atoms with Crippen molar-refractivity contribution in [2.24, 2.45) is 5.73 Å². The number of halogens is 2. The Balaban J connectivity index is 3.08. The third kappa shape index (κ3) is 2.84. The highest BCUT2D eigenvalue weighted by Gasteiger charge is 2.08. The number of carbonyl (C=O) groups excluding carboxylic acids is 1. The number of ether oxygens (including phenoxy) is 1. The van der Waals surface area contributed by atoms with Gasteiger partial charge >= 0.3 is 0 Å². The van der Waals surface area contributed by atoms with Gasteiger partial charge in [0.2, 0.25) is 5.91 Å². The summed E-state index contributed by atoms with van der Waals surface area (Å²) in [5.74, 6) is 0.442. The van der Waals surface area contributed by atoms with E-state index in [0.29, 0.717) is 0 Å². The second kappa shape index (κ2) is 4.97. The lowest BCUT2D eigenvalue weighted by atomic mass is 10.1. The molecule has 0 spiro atoms. The minimum Gasteiger partial charge on any atom is -0.496 e. The van der Waals surface area contributed by atoms with Crippen LogP contribution in [0.15, 0.2) is 16.6 Å². The Hall–Kier alpha value is -0.300. The minimum absolute atomic E-state index is 0.237. The molecule has 0 aromatic heterocycles. The van der Waals surface area contributed by atoms with E-state index < -0.39 is 0 Å². The quantitative estimate of drug-likeness (QED) is 0.829. The number of primary amides is 1. The molecule has 0 unspecified atom stereocenters. The monoisotopic (exact) mass is 369 g/mol. The number of methoxy groups -OCH3 is 1. The number of rotatable bonds is 3. The molecule has 0 saturated carbocycles. The molecule has 0 saturated heterocycles. The Bertz CT molecular complexity index is 368. The topological polar surface area (TPSA) is 52.3 Å². The largest absolute Gasteiger partial charge is 0.496 e. The fourth-order valence-electron chi connectivity index (χ4n) is 1.05. The molecule has 0 radical (unpaired) electrons. The summed E-state index contributed by atoms with van der Waals surface area (Å²) in [6, 6.07) is 3.72. The SMILES string of the molecule is COc1cc(Br)c(CC(N)=O)cc1I. The molecule has 0 aliphatic carbocycles. The maximum absolute atomic E-state index is 10.8. The molecule has 0 aliphatic rings. The van der Waals surface area contributed by atoms with Crippen LogP contribution in [0.2, 0.25) is 0 Å². The third-order valence-electron chi connectivity index (χ3n) is 1.69. The van der Waals surface area contributed by atoms with Crippen LogP contribution in [0.5, 0.6) is 5.75 Å². The first kappa shape index (κ1) is 11.8. The van der Waals surface area contributed by atoms with Crippen molar-refractivity contribution in [3.05, 3.63) is 25.7 Å². The van der Waals surface area contributed by atoms with E-state index in [1.54, 1.807) is 7.11 Å². The van der Waals surface area contributed by atoms with Crippen molar-refractivity contribution < 1.29 is 9.53 Å². The highest BCUT2D eigenvalue weighted by Crippen LogP contribution is 2.28. The molecule has 2 N–H and O–H groups in total. The molecule has 0 fully saturated rings. The molecule has 3 nitrogen and oxygen atoms in total. The van der Waals surface area contributed by atoms with Crippen LogP contribution in [0.3, 0.4) is 0 Å². The molecule has 14 heavy (non-hydrogen) atoms. The standard InChI is InChI=1S/C9H9BrINO2/c1-14-8-4-6(10)5(2-7(8)11)3-9(12)13/h2,4H,3H2,1H3,(H2,12,13). The summed E-state index contributed by atoms with van der Waals surface area (Å²) in [6.07, 6.45) is 0.237. The van der Waals surface area contributed by atoms with Gasteiger partial charge in [0.1, 0.15) is 5.75 Å². The first-order valence-electron chi connectivity index (χ1n) is 3.84. The molecule has 1 aromatic carbocycles. The van der Waals surface area contributed by atoms with Gasteiger partial charge in [0.15, 0.2) is 0 Å². The summed E-state index contributed by atoms with van der Waals surface area (Å²) in [5.41, 5.74) is 6.00. The molecule has 0 aliphatic heterocycles. The van der Waals surface area contributed by atoms with Gasteiger partial charge in [-0.05, 0) is 40.3 Å². The molecule has 1 rings (SSSR count). The van der Waals surface area contributed by atoms with Crippen LogP contribution < -0.4 is 10.5 Å². The molecule has 5 heteroatoms. The molecule has 76 valence electrons. The fraction of sp³-hybridized carbons (Fsp3) is 0.222.